The van der Waals surface area contributed by atoms with E-state index in [1.807, 2.05) is 0 Å². The van der Waals surface area contributed by atoms with Gasteiger partial charge in [0.1, 0.15) is 5.02 Å². The number of hydrogen-bond donors (Lipinski definition) is 2. The Morgan fingerprint density at radius 1 is 1.50 bits per heavy atom. The molecule has 7 nitrogen and oxygen atoms in total. The van der Waals surface area contributed by atoms with Crippen molar-refractivity contribution in [3.63, 3.8) is 0 Å². The van der Waals surface area contributed by atoms with E-state index in [4.69, 9.17) is 23.1 Å². The van der Waals surface area contributed by atoms with E-state index < -0.39 is 4.92 Å². The van der Waals surface area contributed by atoms with Crippen molar-refractivity contribution in [2.45, 2.75) is 0 Å². The number of hydrogen-bond acceptors (Lipinski definition) is 4. The average Bonchev–Trinajstić information content (AvgIpc) is 2.19. The van der Waals surface area contributed by atoms with Crippen molar-refractivity contribution in [3.05, 3.63) is 38.9 Å². The molecule has 0 amide bonds. The zero-order chi connectivity index (χ0) is 12.1. The summed E-state index contributed by atoms with van der Waals surface area (Å²) in [5, 5.41) is 17.5. The van der Waals surface area contributed by atoms with Crippen LogP contribution in [0.15, 0.2) is 28.4 Å². The number of benzene rings is 1. The highest BCUT2D eigenvalue weighted by Gasteiger charge is 2.11. The Morgan fingerprint density at radius 2 is 2.19 bits per heavy atom. The third-order valence-corrected chi connectivity index (χ3v) is 1.87. The fraction of sp³-hybridized carbons (Fsp3) is 0. The van der Waals surface area contributed by atoms with Crippen LogP contribution in [0.3, 0.4) is 0 Å². The summed E-state index contributed by atoms with van der Waals surface area (Å²) >= 11 is 5.62. The molecule has 4 N–H and O–H groups in total. The summed E-state index contributed by atoms with van der Waals surface area (Å²) in [7, 11) is 0. The van der Waals surface area contributed by atoms with Crippen LogP contribution in [-0.2, 0) is 0 Å². The van der Waals surface area contributed by atoms with Gasteiger partial charge in [-0.05, 0) is 6.07 Å². The number of guanidine groups is 1. The van der Waals surface area contributed by atoms with Gasteiger partial charge in [0.25, 0.3) is 5.69 Å². The van der Waals surface area contributed by atoms with Gasteiger partial charge in [0, 0.05) is 11.6 Å². The van der Waals surface area contributed by atoms with Crippen LogP contribution >= 0.6 is 11.6 Å². The van der Waals surface area contributed by atoms with E-state index in [9.17, 15) is 10.1 Å². The average molecular weight is 242 g/mol. The topological polar surface area (TPSA) is 120 Å². The molecule has 0 aliphatic heterocycles. The van der Waals surface area contributed by atoms with Crippen molar-refractivity contribution in [2.75, 3.05) is 0 Å². The fourth-order valence-corrected chi connectivity index (χ4v) is 1.10. The van der Waals surface area contributed by atoms with Gasteiger partial charge in [0.05, 0.1) is 11.1 Å². The first-order valence-corrected chi connectivity index (χ1v) is 4.44. The molecule has 1 rings (SSSR count). The molecular weight excluding hydrogens is 234 g/mol. The molecule has 0 spiro atoms. The van der Waals surface area contributed by atoms with Crippen molar-refractivity contribution >= 4 is 29.5 Å². The molecular formula is C8H8ClN5O2. The number of nitro groups is 1. The van der Waals surface area contributed by atoms with Crippen molar-refractivity contribution in [1.82, 2.24) is 0 Å². The monoisotopic (exact) mass is 241 g/mol. The quantitative estimate of drug-likeness (QED) is 0.353. The molecule has 0 heterocycles. The first-order valence-electron chi connectivity index (χ1n) is 4.06. The second-order valence-electron chi connectivity index (χ2n) is 2.74. The summed E-state index contributed by atoms with van der Waals surface area (Å²) in [6.07, 6.45) is 1.28. The Labute approximate surface area is 95.6 Å². The van der Waals surface area contributed by atoms with Crippen LogP contribution in [0.5, 0.6) is 0 Å². The van der Waals surface area contributed by atoms with Gasteiger partial charge in [-0.3, -0.25) is 10.1 Å². The summed E-state index contributed by atoms with van der Waals surface area (Å²) < 4.78 is 0. The predicted molar refractivity (Wildman–Crippen MR) is 61.5 cm³/mol. The molecule has 0 aliphatic rings. The van der Waals surface area contributed by atoms with Gasteiger partial charge in [0.2, 0.25) is 5.96 Å². The van der Waals surface area contributed by atoms with E-state index in [2.05, 4.69) is 10.2 Å². The van der Waals surface area contributed by atoms with Gasteiger partial charge in [-0.25, -0.2) is 0 Å². The van der Waals surface area contributed by atoms with Crippen LogP contribution in [0.25, 0.3) is 0 Å². The molecule has 0 bridgehead atoms. The molecule has 0 unspecified atom stereocenters. The fourth-order valence-electron chi connectivity index (χ4n) is 0.912. The van der Waals surface area contributed by atoms with Crippen LogP contribution in [0.4, 0.5) is 5.69 Å². The van der Waals surface area contributed by atoms with Gasteiger partial charge in [0.15, 0.2) is 0 Å². The minimum atomic E-state index is -0.583. The second-order valence-corrected chi connectivity index (χ2v) is 3.14. The second kappa shape index (κ2) is 5.08. The summed E-state index contributed by atoms with van der Waals surface area (Å²) in [6, 6.07) is 4.23. The minimum Gasteiger partial charge on any atom is -0.369 e. The highest BCUT2D eigenvalue weighted by molar-refractivity contribution is 6.32. The largest absolute Gasteiger partial charge is 0.369 e. The molecule has 0 aliphatic carbocycles. The lowest BCUT2D eigenvalue weighted by Gasteiger charge is -1.96. The lowest BCUT2D eigenvalue weighted by Crippen LogP contribution is -2.21. The normalized spacial score (nSPS) is 10.3. The molecule has 0 fully saturated rings. The van der Waals surface area contributed by atoms with E-state index in [1.165, 1.54) is 18.3 Å². The molecule has 8 heteroatoms. The summed E-state index contributed by atoms with van der Waals surface area (Å²) in [4.78, 5) is 9.98. The van der Waals surface area contributed by atoms with Gasteiger partial charge in [-0.15, -0.1) is 5.10 Å². The Kier molecular flexibility index (Phi) is 3.78. The van der Waals surface area contributed by atoms with E-state index in [-0.39, 0.29) is 16.7 Å². The van der Waals surface area contributed by atoms with Crippen LogP contribution in [0.2, 0.25) is 5.02 Å². The van der Waals surface area contributed by atoms with E-state index in [1.54, 1.807) is 6.07 Å². The zero-order valence-electron chi connectivity index (χ0n) is 8.00. The molecule has 0 atom stereocenters. The number of rotatable bonds is 3. The maximum atomic E-state index is 10.6. The van der Waals surface area contributed by atoms with Crippen molar-refractivity contribution in [3.8, 4) is 0 Å². The smallest absolute Gasteiger partial charge is 0.288 e. The maximum absolute atomic E-state index is 10.6. The zero-order valence-corrected chi connectivity index (χ0v) is 8.76. The van der Waals surface area contributed by atoms with Crippen LogP contribution in [0.1, 0.15) is 5.56 Å². The maximum Gasteiger partial charge on any atom is 0.288 e. The Bertz CT molecular complexity index is 467. The number of nitrogens with two attached hydrogens (primary N) is 2. The van der Waals surface area contributed by atoms with Gasteiger partial charge >= 0.3 is 0 Å². The van der Waals surface area contributed by atoms with Crippen molar-refractivity contribution < 1.29 is 4.92 Å². The number of nitro benzene ring substituents is 1. The first-order chi connectivity index (χ1) is 7.50. The molecule has 1 aromatic carbocycles. The third kappa shape index (κ3) is 3.21. The summed E-state index contributed by atoms with van der Waals surface area (Å²) in [6.45, 7) is 0. The van der Waals surface area contributed by atoms with E-state index in [0.29, 0.717) is 5.56 Å². The molecule has 0 aromatic heterocycles. The summed E-state index contributed by atoms with van der Waals surface area (Å²) in [5.41, 5.74) is 10.4. The highest BCUT2D eigenvalue weighted by atomic mass is 35.5. The Morgan fingerprint density at radius 3 is 2.75 bits per heavy atom. The molecule has 0 radical (unpaired) electrons. The van der Waals surface area contributed by atoms with Crippen molar-refractivity contribution in [1.29, 1.82) is 0 Å². The van der Waals surface area contributed by atoms with Gasteiger partial charge in [-0.2, -0.15) is 5.10 Å². The Balaban J connectivity index is 3.00. The van der Waals surface area contributed by atoms with Crippen LogP contribution < -0.4 is 11.5 Å². The third-order valence-electron chi connectivity index (χ3n) is 1.55. The van der Waals surface area contributed by atoms with Crippen molar-refractivity contribution in [2.24, 2.45) is 21.7 Å². The lowest BCUT2D eigenvalue weighted by atomic mass is 10.2. The Hall–Kier alpha value is -2.15. The highest BCUT2D eigenvalue weighted by Crippen LogP contribution is 2.24. The van der Waals surface area contributed by atoms with Crippen LogP contribution in [-0.4, -0.2) is 17.1 Å². The minimum absolute atomic E-state index is 0.0593. The van der Waals surface area contributed by atoms with E-state index in [0.717, 1.165) is 0 Å². The summed E-state index contributed by atoms with van der Waals surface area (Å²) in [5.74, 6) is -0.195. The predicted octanol–water partition coefficient (Wildman–Crippen LogP) is 0.856. The van der Waals surface area contributed by atoms with E-state index >= 15 is 0 Å². The standard InChI is InChI=1S/C8H8ClN5O2/c9-6-2-1-5(3-7(6)14(15)16)4-12-13-8(10)11/h1-4H,(H4,10,11,13)/b12-4+. The SMILES string of the molecule is NC(N)=N/N=C/c1ccc(Cl)c([N+](=O)[O-])c1. The van der Waals surface area contributed by atoms with Gasteiger partial charge < -0.3 is 11.5 Å². The molecule has 0 saturated heterocycles. The molecule has 84 valence electrons. The van der Waals surface area contributed by atoms with Gasteiger partial charge in [-0.1, -0.05) is 17.7 Å². The first kappa shape index (κ1) is 11.9. The molecule has 16 heavy (non-hydrogen) atoms. The molecule has 1 aromatic rings. The van der Waals surface area contributed by atoms with Crippen LogP contribution in [0, 0.1) is 10.1 Å². The number of halogens is 1. The molecule has 0 saturated carbocycles. The lowest BCUT2D eigenvalue weighted by molar-refractivity contribution is -0.384. The number of nitrogens with zero attached hydrogens (tertiary/aromatic N) is 3.